The Morgan fingerprint density at radius 2 is 1.90 bits per heavy atom. The number of hydrogen-bond donors (Lipinski definition) is 0. The fourth-order valence-electron chi connectivity index (χ4n) is 4.94. The minimum absolute atomic E-state index is 0.0702. The Hall–Kier alpha value is -1.17. The number of hydrogen-bond acceptors (Lipinski definition) is 5. The molecule has 0 amide bonds. The molecule has 11 heteroatoms. The van der Waals surface area contributed by atoms with Crippen LogP contribution >= 0.6 is 0 Å². The van der Waals surface area contributed by atoms with Crippen LogP contribution in [0.2, 0.25) is 0 Å². The van der Waals surface area contributed by atoms with E-state index >= 15 is 0 Å². The highest BCUT2D eigenvalue weighted by Gasteiger charge is 2.56. The van der Waals surface area contributed by atoms with Crippen molar-refractivity contribution in [3.63, 3.8) is 0 Å². The van der Waals surface area contributed by atoms with Gasteiger partial charge in [0.15, 0.2) is 10.7 Å². The quantitative estimate of drug-likeness (QED) is 0.722. The summed E-state index contributed by atoms with van der Waals surface area (Å²) in [6, 6.07) is 0.611. The molecule has 0 radical (unpaired) electrons. The minimum atomic E-state index is -4.67. The normalized spacial score (nSPS) is 27.6. The third-order valence-electron chi connectivity index (χ3n) is 6.19. The Morgan fingerprint density at radius 3 is 2.45 bits per heavy atom. The first-order chi connectivity index (χ1) is 13.3. The Kier molecular flexibility index (Phi) is 4.84. The summed E-state index contributed by atoms with van der Waals surface area (Å²) in [6.07, 6.45) is -2.62. The van der Waals surface area contributed by atoms with Gasteiger partial charge in [-0.3, -0.25) is 4.68 Å². The summed E-state index contributed by atoms with van der Waals surface area (Å²) in [4.78, 5) is 2.35. The Morgan fingerprint density at radius 1 is 1.24 bits per heavy atom. The van der Waals surface area contributed by atoms with Gasteiger partial charge in [-0.2, -0.15) is 22.6 Å². The second-order valence-electron chi connectivity index (χ2n) is 9.40. The summed E-state index contributed by atoms with van der Waals surface area (Å²) in [5, 5.41) is 2.90. The van der Waals surface area contributed by atoms with E-state index in [0.29, 0.717) is 25.1 Å². The molecule has 164 valence electrons. The van der Waals surface area contributed by atoms with Crippen molar-refractivity contribution in [1.29, 1.82) is 0 Å². The first-order valence-electron chi connectivity index (χ1n) is 9.78. The van der Waals surface area contributed by atoms with Crippen molar-refractivity contribution in [3.8, 4) is 0 Å². The first-order valence-corrected chi connectivity index (χ1v) is 11.2. The average Bonchev–Trinajstić information content (AvgIpc) is 2.90. The van der Waals surface area contributed by atoms with Gasteiger partial charge in [0, 0.05) is 57.9 Å². The summed E-state index contributed by atoms with van der Waals surface area (Å²) < 4.78 is 71.8. The van der Waals surface area contributed by atoms with E-state index in [1.165, 1.54) is 11.4 Å². The first kappa shape index (κ1) is 21.1. The fraction of sp³-hybridized carbons (Fsp3) is 0.833. The maximum atomic E-state index is 12.8. The summed E-state index contributed by atoms with van der Waals surface area (Å²) in [6.45, 7) is 8.31. The summed E-state index contributed by atoms with van der Waals surface area (Å²) >= 11 is 0. The second kappa shape index (κ2) is 6.66. The number of rotatable bonds is 4. The van der Waals surface area contributed by atoms with E-state index in [-0.39, 0.29) is 11.0 Å². The van der Waals surface area contributed by atoms with Crippen molar-refractivity contribution < 1.29 is 26.3 Å². The monoisotopic (exact) mass is 436 g/mol. The van der Waals surface area contributed by atoms with Crippen LogP contribution in [0.4, 0.5) is 13.2 Å². The van der Waals surface area contributed by atoms with Crippen LogP contribution in [0.3, 0.4) is 0 Å². The SMILES string of the molecule is Cn1nc(C(F)(F)F)cc1S(=O)(=O)N1CC2(CN(CC3CCOC(C)(C)C3)C2)C1. The molecule has 3 fully saturated rings. The van der Waals surface area contributed by atoms with Gasteiger partial charge >= 0.3 is 6.18 Å². The smallest absolute Gasteiger partial charge is 0.376 e. The summed E-state index contributed by atoms with van der Waals surface area (Å²) in [5.41, 5.74) is -1.35. The summed E-state index contributed by atoms with van der Waals surface area (Å²) in [7, 11) is -2.76. The van der Waals surface area contributed by atoms with E-state index in [1.807, 2.05) is 0 Å². The van der Waals surface area contributed by atoms with Crippen molar-refractivity contribution >= 4 is 10.0 Å². The van der Waals surface area contributed by atoms with Crippen LogP contribution in [0, 0.1) is 11.3 Å². The van der Waals surface area contributed by atoms with Gasteiger partial charge in [0.2, 0.25) is 0 Å². The number of ether oxygens (including phenoxy) is 1. The Labute approximate surface area is 168 Å². The lowest BCUT2D eigenvalue weighted by Gasteiger charge is -2.60. The number of halogens is 3. The number of aryl methyl sites for hydroxylation is 1. The molecular formula is C18H27F3N4O3S. The molecule has 3 saturated heterocycles. The van der Waals surface area contributed by atoms with Gasteiger partial charge in [-0.15, -0.1) is 0 Å². The van der Waals surface area contributed by atoms with Crippen molar-refractivity contribution in [1.82, 2.24) is 19.0 Å². The molecule has 0 saturated carbocycles. The van der Waals surface area contributed by atoms with E-state index in [0.717, 1.165) is 43.8 Å². The third-order valence-corrected chi connectivity index (χ3v) is 8.04. The lowest BCUT2D eigenvalue weighted by molar-refractivity contribution is -0.141. The van der Waals surface area contributed by atoms with Gasteiger partial charge in [0.25, 0.3) is 10.0 Å². The number of alkyl halides is 3. The van der Waals surface area contributed by atoms with Crippen LogP contribution in [0.15, 0.2) is 11.1 Å². The highest BCUT2D eigenvalue weighted by Crippen LogP contribution is 2.43. The zero-order valence-electron chi connectivity index (χ0n) is 16.9. The molecule has 1 atom stereocenters. The average molecular weight is 437 g/mol. The summed E-state index contributed by atoms with van der Waals surface area (Å²) in [5.74, 6) is 0.575. The topological polar surface area (TPSA) is 67.7 Å². The molecule has 4 heterocycles. The fourth-order valence-corrected chi connectivity index (χ4v) is 6.73. The molecule has 0 aromatic carbocycles. The molecule has 0 bridgehead atoms. The molecule has 7 nitrogen and oxygen atoms in total. The number of sulfonamides is 1. The van der Waals surface area contributed by atoms with Gasteiger partial charge in [-0.25, -0.2) is 8.42 Å². The largest absolute Gasteiger partial charge is 0.435 e. The lowest BCUT2D eigenvalue weighted by Crippen LogP contribution is -2.73. The molecular weight excluding hydrogens is 409 g/mol. The van der Waals surface area contributed by atoms with E-state index in [1.54, 1.807) is 0 Å². The standard InChI is InChI=1S/C18H27F3N4O3S/c1-16(2)7-13(4-5-28-16)8-24-9-17(10-24)11-25(12-17)29(26,27)15-6-14(18(19,20)21)22-23(15)3/h6,13H,4-5,7-12H2,1-3H3. The van der Waals surface area contributed by atoms with Crippen molar-refractivity contribution in [2.24, 2.45) is 18.4 Å². The van der Waals surface area contributed by atoms with Crippen LogP contribution in [0.5, 0.6) is 0 Å². The second-order valence-corrected chi connectivity index (χ2v) is 11.3. The zero-order chi connectivity index (χ0) is 21.2. The molecule has 1 aromatic heterocycles. The Bertz CT molecular complexity index is 883. The zero-order valence-corrected chi connectivity index (χ0v) is 17.7. The van der Waals surface area contributed by atoms with Gasteiger partial charge in [0.1, 0.15) is 0 Å². The molecule has 29 heavy (non-hydrogen) atoms. The molecule has 1 aromatic rings. The van der Waals surface area contributed by atoms with Crippen LogP contribution < -0.4 is 0 Å². The van der Waals surface area contributed by atoms with Crippen molar-refractivity contribution in [2.45, 2.75) is 43.5 Å². The number of likely N-dealkylation sites (tertiary alicyclic amines) is 1. The van der Waals surface area contributed by atoms with Gasteiger partial charge in [-0.1, -0.05) is 0 Å². The van der Waals surface area contributed by atoms with Crippen LogP contribution in [-0.4, -0.2) is 72.3 Å². The molecule has 4 rings (SSSR count). The van der Waals surface area contributed by atoms with Gasteiger partial charge in [0.05, 0.1) is 5.60 Å². The van der Waals surface area contributed by atoms with Crippen LogP contribution in [0.25, 0.3) is 0 Å². The van der Waals surface area contributed by atoms with E-state index < -0.39 is 26.9 Å². The minimum Gasteiger partial charge on any atom is -0.376 e. The van der Waals surface area contributed by atoms with E-state index in [4.69, 9.17) is 4.74 Å². The number of nitrogens with zero attached hydrogens (tertiary/aromatic N) is 4. The predicted octanol–water partition coefficient (Wildman–Crippen LogP) is 1.95. The number of aromatic nitrogens is 2. The lowest BCUT2D eigenvalue weighted by atomic mass is 9.73. The van der Waals surface area contributed by atoms with Crippen molar-refractivity contribution in [2.75, 3.05) is 39.3 Å². The molecule has 3 aliphatic rings. The van der Waals surface area contributed by atoms with Crippen LogP contribution in [-0.2, 0) is 28.0 Å². The van der Waals surface area contributed by atoms with Gasteiger partial charge < -0.3 is 9.64 Å². The van der Waals surface area contributed by atoms with Crippen LogP contribution in [0.1, 0.15) is 32.4 Å². The van der Waals surface area contributed by atoms with E-state index in [9.17, 15) is 21.6 Å². The predicted molar refractivity (Wildman–Crippen MR) is 98.6 cm³/mol. The van der Waals surface area contributed by atoms with Crippen molar-refractivity contribution in [3.05, 3.63) is 11.8 Å². The van der Waals surface area contributed by atoms with E-state index in [2.05, 4.69) is 23.8 Å². The molecule has 1 unspecified atom stereocenters. The Balaban J connectivity index is 1.33. The maximum absolute atomic E-state index is 12.8. The maximum Gasteiger partial charge on any atom is 0.435 e. The molecule has 0 aliphatic carbocycles. The highest BCUT2D eigenvalue weighted by atomic mass is 32.2. The molecule has 1 spiro atoms. The molecule has 0 N–H and O–H groups in total. The van der Waals surface area contributed by atoms with Gasteiger partial charge in [-0.05, 0) is 32.6 Å². The third kappa shape index (κ3) is 3.94. The molecule has 3 aliphatic heterocycles. The highest BCUT2D eigenvalue weighted by molar-refractivity contribution is 7.89.